The van der Waals surface area contributed by atoms with E-state index in [0.29, 0.717) is 0 Å². The number of urea groups is 1. The summed E-state index contributed by atoms with van der Waals surface area (Å²) in [5, 5.41) is 25.5. The van der Waals surface area contributed by atoms with Crippen molar-refractivity contribution in [2.24, 2.45) is 0 Å². The van der Waals surface area contributed by atoms with Crippen LogP contribution in [0.1, 0.15) is 19.4 Å². The second kappa shape index (κ2) is 11.5. The Morgan fingerprint density at radius 3 is 2.52 bits per heavy atom. The van der Waals surface area contributed by atoms with Crippen molar-refractivity contribution in [2.45, 2.75) is 50.7 Å². The minimum absolute atomic E-state index is 0. The van der Waals surface area contributed by atoms with Crippen LogP contribution in [-0.4, -0.2) is 78.3 Å². The largest absolute Gasteiger partial charge is 0.394 e. The predicted molar refractivity (Wildman–Crippen MR) is 107 cm³/mol. The number of amides is 2. The van der Waals surface area contributed by atoms with Crippen molar-refractivity contribution in [3.8, 4) is 0 Å². The molecule has 0 unspecified atom stereocenters. The van der Waals surface area contributed by atoms with Crippen LogP contribution in [0.25, 0.3) is 0 Å². The summed E-state index contributed by atoms with van der Waals surface area (Å²) < 4.78 is 5.78. The molecule has 1 aliphatic rings. The molecule has 0 aliphatic carbocycles. The third-order valence-electron chi connectivity index (χ3n) is 4.63. The van der Waals surface area contributed by atoms with E-state index < -0.39 is 12.2 Å². The smallest absolute Gasteiger partial charge is 0.315 e. The summed E-state index contributed by atoms with van der Waals surface area (Å²) in [6, 6.07) is 9.61. The number of benzene rings is 1. The molecule has 4 N–H and O–H groups in total. The lowest BCUT2D eigenvalue weighted by Gasteiger charge is -2.30. The van der Waals surface area contributed by atoms with E-state index >= 15 is 0 Å². The highest BCUT2D eigenvalue weighted by atomic mass is 35.5. The zero-order chi connectivity index (χ0) is 19.1. The van der Waals surface area contributed by atoms with Gasteiger partial charge in [0.25, 0.3) is 0 Å². The molecule has 0 spiro atoms. The summed E-state index contributed by atoms with van der Waals surface area (Å²) in [4.78, 5) is 13.9. The minimum Gasteiger partial charge on any atom is -0.394 e. The van der Waals surface area contributed by atoms with Crippen LogP contribution in [0, 0.1) is 0 Å². The molecule has 0 aromatic heterocycles. The average molecular weight is 402 g/mol. The maximum Gasteiger partial charge on any atom is 0.315 e. The van der Waals surface area contributed by atoms with Crippen LogP contribution in [0.5, 0.6) is 0 Å². The number of carbonyl (C=O) groups is 1. The average Bonchev–Trinajstić information content (AvgIpc) is 2.94. The Labute approximate surface area is 167 Å². The lowest BCUT2D eigenvalue weighted by atomic mass is 10.0. The first-order valence-corrected chi connectivity index (χ1v) is 9.15. The van der Waals surface area contributed by atoms with Crippen molar-refractivity contribution in [2.75, 3.05) is 26.7 Å². The molecule has 4 atom stereocenters. The van der Waals surface area contributed by atoms with E-state index in [1.165, 1.54) is 5.56 Å². The second-order valence-corrected chi connectivity index (χ2v) is 7.10. The number of hydrogen-bond donors (Lipinski definition) is 4. The summed E-state index contributed by atoms with van der Waals surface area (Å²) in [6.45, 7) is 4.53. The van der Waals surface area contributed by atoms with Gasteiger partial charge in [-0.15, -0.1) is 12.4 Å². The number of rotatable bonds is 8. The molecule has 0 saturated carbocycles. The van der Waals surface area contributed by atoms with Gasteiger partial charge in [-0.05, 0) is 32.9 Å². The van der Waals surface area contributed by atoms with Crippen LogP contribution in [0.2, 0.25) is 0 Å². The maximum absolute atomic E-state index is 11.8. The molecule has 1 fully saturated rings. The Bertz CT molecular complexity index is 561. The maximum atomic E-state index is 11.8. The Hall–Kier alpha value is -1.38. The third kappa shape index (κ3) is 6.93. The van der Waals surface area contributed by atoms with Gasteiger partial charge in [0, 0.05) is 19.1 Å². The zero-order valence-electron chi connectivity index (χ0n) is 16.2. The fraction of sp³-hybridized carbons (Fsp3) is 0.632. The zero-order valence-corrected chi connectivity index (χ0v) is 17.0. The van der Waals surface area contributed by atoms with Crippen molar-refractivity contribution < 1.29 is 19.7 Å². The molecular weight excluding hydrogens is 370 g/mol. The van der Waals surface area contributed by atoms with E-state index in [2.05, 4.69) is 22.8 Å². The van der Waals surface area contributed by atoms with Crippen LogP contribution < -0.4 is 10.6 Å². The quantitative estimate of drug-likeness (QED) is 0.516. The molecule has 1 aromatic rings. The van der Waals surface area contributed by atoms with Gasteiger partial charge < -0.3 is 25.6 Å². The number of aliphatic hydroxyl groups is 2. The van der Waals surface area contributed by atoms with Crippen molar-refractivity contribution >= 4 is 18.4 Å². The first kappa shape index (κ1) is 23.7. The molecule has 1 aliphatic heterocycles. The number of likely N-dealkylation sites (N-methyl/N-ethyl adjacent to an activating group) is 1. The normalized spacial score (nSPS) is 24.7. The SMILES string of the molecule is CC(C)NC(=O)NC[C@H]1O[C@@H](CO)[C@@H](O)[C@H]1N(C)CCc1ccccc1.Cl. The predicted octanol–water partition coefficient (Wildman–Crippen LogP) is 0.780. The van der Waals surface area contributed by atoms with Crippen LogP contribution >= 0.6 is 12.4 Å². The Morgan fingerprint density at radius 2 is 1.93 bits per heavy atom. The first-order chi connectivity index (χ1) is 12.4. The van der Waals surface area contributed by atoms with E-state index in [4.69, 9.17) is 4.74 Å². The number of nitrogens with zero attached hydrogens (tertiary/aromatic N) is 1. The van der Waals surface area contributed by atoms with Gasteiger partial charge in [0.2, 0.25) is 0 Å². The van der Waals surface area contributed by atoms with E-state index in [9.17, 15) is 15.0 Å². The molecule has 1 heterocycles. The Morgan fingerprint density at radius 1 is 1.26 bits per heavy atom. The van der Waals surface area contributed by atoms with Crippen molar-refractivity contribution in [3.63, 3.8) is 0 Å². The minimum atomic E-state index is -0.805. The van der Waals surface area contributed by atoms with Crippen LogP contribution in [0.15, 0.2) is 30.3 Å². The fourth-order valence-electron chi connectivity index (χ4n) is 3.30. The van der Waals surface area contributed by atoms with Crippen molar-refractivity contribution in [1.82, 2.24) is 15.5 Å². The Balaban J connectivity index is 0.00000364. The third-order valence-corrected chi connectivity index (χ3v) is 4.63. The lowest BCUT2D eigenvalue weighted by Crippen LogP contribution is -2.51. The standard InChI is InChI=1S/C19H31N3O4.ClH/c1-13(2)21-19(25)20-11-15-17(18(24)16(12-23)26-15)22(3)10-9-14-7-5-4-6-8-14;/h4-8,13,15-18,23-24H,9-12H2,1-3H3,(H2,20,21,25);1H/t15-,16+,17+,18-;/m1./s1. The monoisotopic (exact) mass is 401 g/mol. The van der Waals surface area contributed by atoms with Crippen molar-refractivity contribution in [3.05, 3.63) is 35.9 Å². The van der Waals surface area contributed by atoms with Gasteiger partial charge in [-0.3, -0.25) is 4.90 Å². The summed E-state index contributed by atoms with van der Waals surface area (Å²) in [6.07, 6.45) is -0.987. The lowest BCUT2D eigenvalue weighted by molar-refractivity contribution is -0.0206. The number of hydrogen-bond acceptors (Lipinski definition) is 5. The number of ether oxygens (including phenoxy) is 1. The van der Waals surface area contributed by atoms with E-state index in [0.717, 1.165) is 13.0 Å². The molecule has 27 heavy (non-hydrogen) atoms. The van der Waals surface area contributed by atoms with Crippen LogP contribution in [-0.2, 0) is 11.2 Å². The van der Waals surface area contributed by atoms with Crippen LogP contribution in [0.3, 0.4) is 0 Å². The number of carbonyl (C=O) groups excluding carboxylic acids is 1. The summed E-state index contributed by atoms with van der Waals surface area (Å²) in [5.74, 6) is 0. The van der Waals surface area contributed by atoms with Gasteiger partial charge in [-0.25, -0.2) is 4.79 Å². The van der Waals surface area contributed by atoms with Gasteiger partial charge in [0.1, 0.15) is 12.2 Å². The molecule has 2 rings (SSSR count). The highest BCUT2D eigenvalue weighted by Gasteiger charge is 2.45. The highest BCUT2D eigenvalue weighted by Crippen LogP contribution is 2.25. The Kier molecular flexibility index (Phi) is 10.0. The van der Waals surface area contributed by atoms with Gasteiger partial charge >= 0.3 is 6.03 Å². The molecule has 1 saturated heterocycles. The molecule has 8 heteroatoms. The number of aliphatic hydroxyl groups excluding tert-OH is 2. The molecule has 154 valence electrons. The first-order valence-electron chi connectivity index (χ1n) is 9.15. The number of halogens is 1. The van der Waals surface area contributed by atoms with E-state index in [1.807, 2.05) is 44.0 Å². The molecule has 0 bridgehead atoms. The molecular formula is C19H32ClN3O4. The van der Waals surface area contributed by atoms with E-state index in [1.54, 1.807) is 0 Å². The highest BCUT2D eigenvalue weighted by molar-refractivity contribution is 5.85. The van der Waals surface area contributed by atoms with Crippen molar-refractivity contribution in [1.29, 1.82) is 0 Å². The summed E-state index contributed by atoms with van der Waals surface area (Å²) in [5.41, 5.74) is 1.22. The second-order valence-electron chi connectivity index (χ2n) is 7.10. The topological polar surface area (TPSA) is 94.1 Å². The van der Waals surface area contributed by atoms with Crippen LogP contribution in [0.4, 0.5) is 4.79 Å². The number of nitrogens with one attached hydrogen (secondary N) is 2. The fourth-order valence-corrected chi connectivity index (χ4v) is 3.30. The van der Waals surface area contributed by atoms with E-state index in [-0.39, 0.29) is 49.8 Å². The van der Waals surface area contributed by atoms with Gasteiger partial charge in [-0.2, -0.15) is 0 Å². The summed E-state index contributed by atoms with van der Waals surface area (Å²) >= 11 is 0. The molecule has 1 aromatic carbocycles. The van der Waals surface area contributed by atoms with Gasteiger partial charge in [0.05, 0.1) is 18.8 Å². The molecule has 7 nitrogen and oxygen atoms in total. The van der Waals surface area contributed by atoms with Gasteiger partial charge in [-0.1, -0.05) is 30.3 Å². The van der Waals surface area contributed by atoms with Gasteiger partial charge in [0.15, 0.2) is 0 Å². The molecule has 0 radical (unpaired) electrons. The summed E-state index contributed by atoms with van der Waals surface area (Å²) in [7, 11) is 1.93. The molecule has 2 amide bonds.